The molecule has 0 saturated heterocycles. The summed E-state index contributed by atoms with van der Waals surface area (Å²) in [6, 6.07) is 14.8. The summed E-state index contributed by atoms with van der Waals surface area (Å²) in [6.07, 6.45) is 0. The second-order valence-electron chi connectivity index (χ2n) is 7.46. The first-order chi connectivity index (χ1) is 12.8. The van der Waals surface area contributed by atoms with E-state index in [0.29, 0.717) is 6.61 Å². The lowest BCUT2D eigenvalue weighted by molar-refractivity contribution is 0.340. The topological polar surface area (TPSA) is 17.4 Å². The highest BCUT2D eigenvalue weighted by Gasteiger charge is 2.38. The quantitative estimate of drug-likeness (QED) is 0.482. The standard InChI is InChI=1S/C22H24N2OS2/c1-6-25-16-10-8-15(9-11-16)24-21(26)19-17-13-14(2)7-12-18(17)23(5)22(3,4)20(19)27-24/h7-13H,6H2,1-5H3. The molecule has 0 atom stereocenters. The van der Waals surface area contributed by atoms with E-state index in [1.54, 1.807) is 11.5 Å². The Hall–Kier alpha value is -2.11. The number of hydrogen-bond donors (Lipinski definition) is 0. The molecule has 0 unspecified atom stereocenters. The van der Waals surface area contributed by atoms with Crippen LogP contribution in [0.15, 0.2) is 42.5 Å². The largest absolute Gasteiger partial charge is 0.494 e. The molecular formula is C22H24N2OS2. The molecule has 3 nitrogen and oxygen atoms in total. The molecule has 0 aliphatic carbocycles. The van der Waals surface area contributed by atoms with Gasteiger partial charge in [-0.05, 0) is 64.1 Å². The summed E-state index contributed by atoms with van der Waals surface area (Å²) in [4.78, 5) is 3.67. The molecular weight excluding hydrogens is 372 g/mol. The Bertz CT molecular complexity index is 1060. The van der Waals surface area contributed by atoms with Crippen molar-refractivity contribution in [3.05, 3.63) is 57.5 Å². The molecule has 140 valence electrons. The fourth-order valence-electron chi connectivity index (χ4n) is 3.64. The van der Waals surface area contributed by atoms with Gasteiger partial charge in [0, 0.05) is 23.9 Å². The van der Waals surface area contributed by atoms with Gasteiger partial charge in [0.15, 0.2) is 0 Å². The van der Waals surface area contributed by atoms with Crippen LogP contribution in [0, 0.1) is 11.6 Å². The summed E-state index contributed by atoms with van der Waals surface area (Å²) >= 11 is 7.71. The van der Waals surface area contributed by atoms with E-state index >= 15 is 0 Å². The number of rotatable bonds is 3. The molecule has 4 rings (SSSR count). The first kappa shape index (κ1) is 18.3. The molecule has 0 spiro atoms. The highest BCUT2D eigenvalue weighted by molar-refractivity contribution is 7.71. The lowest BCUT2D eigenvalue weighted by Gasteiger charge is -2.42. The van der Waals surface area contributed by atoms with Crippen molar-refractivity contribution in [2.24, 2.45) is 0 Å². The monoisotopic (exact) mass is 396 g/mol. The molecule has 0 saturated carbocycles. The van der Waals surface area contributed by atoms with Crippen LogP contribution in [0.1, 0.15) is 31.2 Å². The molecule has 1 aliphatic rings. The number of aromatic nitrogens is 1. The Morgan fingerprint density at radius 1 is 1.11 bits per heavy atom. The Morgan fingerprint density at radius 3 is 2.48 bits per heavy atom. The van der Waals surface area contributed by atoms with E-state index in [-0.39, 0.29) is 5.54 Å². The van der Waals surface area contributed by atoms with E-state index < -0.39 is 0 Å². The van der Waals surface area contributed by atoms with Crippen molar-refractivity contribution < 1.29 is 4.74 Å². The van der Waals surface area contributed by atoms with Crippen LogP contribution < -0.4 is 9.64 Å². The number of hydrogen-bond acceptors (Lipinski definition) is 4. The van der Waals surface area contributed by atoms with Gasteiger partial charge >= 0.3 is 0 Å². The highest BCUT2D eigenvalue weighted by atomic mass is 32.1. The van der Waals surface area contributed by atoms with Crippen LogP contribution in [0.2, 0.25) is 0 Å². The molecule has 27 heavy (non-hydrogen) atoms. The van der Waals surface area contributed by atoms with E-state index in [1.807, 2.05) is 19.1 Å². The number of ether oxygens (including phenoxy) is 1. The van der Waals surface area contributed by atoms with E-state index in [4.69, 9.17) is 17.0 Å². The smallest absolute Gasteiger partial charge is 0.129 e. The second kappa shape index (κ2) is 6.50. The Labute approximate surface area is 170 Å². The maximum atomic E-state index is 5.96. The number of aryl methyl sites for hydroxylation is 1. The normalized spacial score (nSPS) is 14.6. The van der Waals surface area contributed by atoms with Gasteiger partial charge in [-0.2, -0.15) is 0 Å². The van der Waals surface area contributed by atoms with Crippen LogP contribution in [-0.2, 0) is 5.54 Å². The minimum absolute atomic E-state index is 0.119. The van der Waals surface area contributed by atoms with Gasteiger partial charge in [-0.1, -0.05) is 35.4 Å². The molecule has 0 fully saturated rings. The summed E-state index contributed by atoms with van der Waals surface area (Å²) in [5.41, 5.74) is 5.88. The van der Waals surface area contributed by atoms with Gasteiger partial charge in [-0.15, -0.1) is 0 Å². The third-order valence-electron chi connectivity index (χ3n) is 5.37. The van der Waals surface area contributed by atoms with Crippen molar-refractivity contribution >= 4 is 29.4 Å². The zero-order chi connectivity index (χ0) is 19.3. The van der Waals surface area contributed by atoms with E-state index in [0.717, 1.165) is 16.1 Å². The van der Waals surface area contributed by atoms with Crippen molar-refractivity contribution in [3.8, 4) is 22.6 Å². The predicted molar refractivity (Wildman–Crippen MR) is 117 cm³/mol. The molecule has 0 bridgehead atoms. The van der Waals surface area contributed by atoms with Crippen LogP contribution >= 0.6 is 23.8 Å². The van der Waals surface area contributed by atoms with Gasteiger partial charge in [0.1, 0.15) is 10.4 Å². The molecule has 0 N–H and O–H groups in total. The number of benzene rings is 2. The molecule has 1 aliphatic heterocycles. The molecule has 0 amide bonds. The number of nitrogens with zero attached hydrogens (tertiary/aromatic N) is 2. The van der Waals surface area contributed by atoms with Crippen molar-refractivity contribution in [1.82, 2.24) is 3.96 Å². The SMILES string of the molecule is CCOc1ccc(-n2sc3c(c2=S)-c2cc(C)ccc2N(C)C3(C)C)cc1. The van der Waals surface area contributed by atoms with E-state index in [1.165, 1.54) is 27.3 Å². The molecule has 5 heteroatoms. The third kappa shape index (κ3) is 2.80. The number of anilines is 1. The summed E-state index contributed by atoms with van der Waals surface area (Å²) in [5.74, 6) is 0.884. The van der Waals surface area contributed by atoms with Crippen LogP contribution in [0.4, 0.5) is 5.69 Å². The second-order valence-corrected chi connectivity index (χ2v) is 8.80. The lowest BCUT2D eigenvalue weighted by Crippen LogP contribution is -2.40. The van der Waals surface area contributed by atoms with Crippen LogP contribution in [0.25, 0.3) is 16.8 Å². The molecule has 3 aromatic rings. The number of fused-ring (bicyclic) bond motifs is 3. The maximum absolute atomic E-state index is 5.96. The zero-order valence-corrected chi connectivity index (χ0v) is 18.0. The molecule has 0 radical (unpaired) electrons. The van der Waals surface area contributed by atoms with Gasteiger partial charge in [-0.25, -0.2) is 0 Å². The van der Waals surface area contributed by atoms with E-state index in [2.05, 4.69) is 67.0 Å². The zero-order valence-electron chi connectivity index (χ0n) is 16.4. The predicted octanol–water partition coefficient (Wildman–Crippen LogP) is 6.33. The first-order valence-electron chi connectivity index (χ1n) is 9.19. The summed E-state index contributed by atoms with van der Waals surface area (Å²) < 4.78 is 8.63. The van der Waals surface area contributed by atoms with Crippen molar-refractivity contribution in [2.75, 3.05) is 18.6 Å². The molecule has 1 aromatic heterocycles. The molecule has 2 aromatic carbocycles. The summed E-state index contributed by atoms with van der Waals surface area (Å²) in [5, 5.41) is 0. The van der Waals surface area contributed by atoms with Crippen LogP contribution in [0.5, 0.6) is 5.75 Å². The van der Waals surface area contributed by atoms with E-state index in [9.17, 15) is 0 Å². The van der Waals surface area contributed by atoms with Gasteiger partial charge in [0.2, 0.25) is 0 Å². The fraction of sp³-hybridized carbons (Fsp3) is 0.318. The third-order valence-corrected chi connectivity index (χ3v) is 7.33. The lowest BCUT2D eigenvalue weighted by atomic mass is 9.87. The van der Waals surface area contributed by atoms with Crippen molar-refractivity contribution in [3.63, 3.8) is 0 Å². The minimum atomic E-state index is -0.119. The Kier molecular flexibility index (Phi) is 4.40. The average Bonchev–Trinajstić information content (AvgIpc) is 2.99. The average molecular weight is 397 g/mol. The fourth-order valence-corrected chi connectivity index (χ4v) is 5.38. The van der Waals surface area contributed by atoms with Crippen LogP contribution in [-0.4, -0.2) is 17.6 Å². The van der Waals surface area contributed by atoms with Crippen LogP contribution in [0.3, 0.4) is 0 Å². The maximum Gasteiger partial charge on any atom is 0.129 e. The minimum Gasteiger partial charge on any atom is -0.494 e. The summed E-state index contributed by atoms with van der Waals surface area (Å²) in [7, 11) is 2.17. The van der Waals surface area contributed by atoms with Crippen molar-refractivity contribution in [2.45, 2.75) is 33.2 Å². The Morgan fingerprint density at radius 2 is 1.81 bits per heavy atom. The van der Waals surface area contributed by atoms with Gasteiger partial charge in [0.05, 0.1) is 22.7 Å². The highest BCUT2D eigenvalue weighted by Crippen LogP contribution is 2.50. The van der Waals surface area contributed by atoms with Gasteiger partial charge in [0.25, 0.3) is 0 Å². The van der Waals surface area contributed by atoms with Crippen molar-refractivity contribution in [1.29, 1.82) is 0 Å². The Balaban J connectivity index is 1.93. The van der Waals surface area contributed by atoms with Gasteiger partial charge in [-0.3, -0.25) is 3.96 Å². The first-order valence-corrected chi connectivity index (χ1v) is 10.4. The molecule has 2 heterocycles. The summed E-state index contributed by atoms with van der Waals surface area (Å²) in [6.45, 7) is 9.33. The van der Waals surface area contributed by atoms with Gasteiger partial charge < -0.3 is 9.64 Å².